The highest BCUT2D eigenvalue weighted by Gasteiger charge is 2.03. The van der Waals surface area contributed by atoms with E-state index in [1.54, 1.807) is 0 Å². The van der Waals surface area contributed by atoms with Gasteiger partial charge < -0.3 is 4.74 Å². The van der Waals surface area contributed by atoms with E-state index >= 15 is 0 Å². The number of unbranched alkanes of at least 4 members (excludes halogenated alkanes) is 2. The second-order valence-electron chi connectivity index (χ2n) is 4.37. The van der Waals surface area contributed by atoms with Crippen LogP contribution in [0.15, 0.2) is 18.2 Å². The molecule has 0 aromatic heterocycles. The molecule has 1 rings (SSSR count). The largest absolute Gasteiger partial charge is 0.494 e. The molecule has 0 aliphatic heterocycles. The lowest BCUT2D eigenvalue weighted by Crippen LogP contribution is -1.99. The average Bonchev–Trinajstić information content (AvgIpc) is 2.37. The van der Waals surface area contributed by atoms with Crippen LogP contribution < -0.4 is 4.74 Å². The Morgan fingerprint density at radius 3 is 2.47 bits per heavy atom. The third-order valence-corrected chi connectivity index (χ3v) is 3.18. The highest BCUT2D eigenvalue weighted by atomic mass is 35.5. The standard InChI is InChI=1S/C15H23ClO/c1-3-5-7-13-11-15(17-10-6-4-2)9-8-14(13)12-16/h8-9,11H,3-7,10,12H2,1-2H3. The molecule has 1 aromatic carbocycles. The van der Waals surface area contributed by atoms with Crippen molar-refractivity contribution in [1.29, 1.82) is 0 Å². The molecule has 2 heteroatoms. The number of rotatable bonds is 8. The molecule has 0 radical (unpaired) electrons. The molecule has 0 atom stereocenters. The van der Waals surface area contributed by atoms with Crippen LogP contribution >= 0.6 is 11.6 Å². The predicted octanol–water partition coefficient (Wildman–Crippen LogP) is 4.95. The monoisotopic (exact) mass is 254 g/mol. The van der Waals surface area contributed by atoms with Crippen LogP contribution in [0, 0.1) is 0 Å². The Morgan fingerprint density at radius 2 is 1.82 bits per heavy atom. The van der Waals surface area contributed by atoms with Gasteiger partial charge in [-0.2, -0.15) is 0 Å². The van der Waals surface area contributed by atoms with Crippen molar-refractivity contribution in [1.82, 2.24) is 0 Å². The van der Waals surface area contributed by atoms with E-state index in [9.17, 15) is 0 Å². The Hall–Kier alpha value is -0.690. The molecule has 0 aliphatic carbocycles. The molecule has 0 spiro atoms. The molecule has 17 heavy (non-hydrogen) atoms. The van der Waals surface area contributed by atoms with Crippen molar-refractivity contribution < 1.29 is 4.74 Å². The van der Waals surface area contributed by atoms with Crippen LogP contribution in [0.1, 0.15) is 50.7 Å². The summed E-state index contributed by atoms with van der Waals surface area (Å²) in [6, 6.07) is 6.28. The average molecular weight is 255 g/mol. The first-order chi connectivity index (χ1) is 8.31. The third-order valence-electron chi connectivity index (χ3n) is 2.89. The minimum Gasteiger partial charge on any atom is -0.494 e. The van der Waals surface area contributed by atoms with E-state index in [1.165, 1.54) is 30.4 Å². The summed E-state index contributed by atoms with van der Waals surface area (Å²) in [5, 5.41) is 0. The Balaban J connectivity index is 2.66. The number of aryl methyl sites for hydroxylation is 1. The molecular formula is C15H23ClO. The van der Waals surface area contributed by atoms with E-state index in [-0.39, 0.29) is 0 Å². The van der Waals surface area contributed by atoms with Crippen LogP contribution in [-0.2, 0) is 12.3 Å². The van der Waals surface area contributed by atoms with Gasteiger partial charge in [0, 0.05) is 5.88 Å². The zero-order valence-electron chi connectivity index (χ0n) is 11.0. The maximum atomic E-state index is 5.95. The summed E-state index contributed by atoms with van der Waals surface area (Å²) in [7, 11) is 0. The second kappa shape index (κ2) is 8.41. The molecule has 0 fully saturated rings. The van der Waals surface area contributed by atoms with Crippen LogP contribution in [0.25, 0.3) is 0 Å². The molecule has 0 amide bonds. The highest BCUT2D eigenvalue weighted by Crippen LogP contribution is 2.21. The Bertz CT molecular complexity index is 323. The first kappa shape index (κ1) is 14.4. The third kappa shape index (κ3) is 4.99. The lowest BCUT2D eigenvalue weighted by Gasteiger charge is -2.11. The Labute approximate surface area is 110 Å². The Kier molecular flexibility index (Phi) is 7.11. The fraction of sp³-hybridized carbons (Fsp3) is 0.600. The smallest absolute Gasteiger partial charge is 0.119 e. The molecule has 0 aliphatic rings. The summed E-state index contributed by atoms with van der Waals surface area (Å²) in [4.78, 5) is 0. The normalized spacial score (nSPS) is 10.5. The highest BCUT2D eigenvalue weighted by molar-refractivity contribution is 6.17. The van der Waals surface area contributed by atoms with E-state index in [1.807, 2.05) is 6.07 Å². The van der Waals surface area contributed by atoms with Gasteiger partial charge in [0.2, 0.25) is 0 Å². The summed E-state index contributed by atoms with van der Waals surface area (Å²) in [5.41, 5.74) is 2.58. The van der Waals surface area contributed by atoms with Gasteiger partial charge in [0.05, 0.1) is 6.61 Å². The summed E-state index contributed by atoms with van der Waals surface area (Å²) in [5.74, 6) is 1.58. The number of alkyl halides is 1. The predicted molar refractivity (Wildman–Crippen MR) is 75.0 cm³/mol. The van der Waals surface area contributed by atoms with E-state index in [2.05, 4.69) is 26.0 Å². The molecular weight excluding hydrogens is 232 g/mol. The number of hydrogen-bond acceptors (Lipinski definition) is 1. The van der Waals surface area contributed by atoms with Crippen molar-refractivity contribution in [2.24, 2.45) is 0 Å². The van der Waals surface area contributed by atoms with Crippen LogP contribution in [-0.4, -0.2) is 6.61 Å². The summed E-state index contributed by atoms with van der Waals surface area (Å²) >= 11 is 5.95. The number of halogens is 1. The van der Waals surface area contributed by atoms with Crippen LogP contribution in [0.5, 0.6) is 5.75 Å². The van der Waals surface area contributed by atoms with Crippen molar-refractivity contribution in [3.05, 3.63) is 29.3 Å². The van der Waals surface area contributed by atoms with Crippen molar-refractivity contribution in [2.45, 2.75) is 51.8 Å². The maximum Gasteiger partial charge on any atom is 0.119 e. The topological polar surface area (TPSA) is 9.23 Å². The molecule has 0 bridgehead atoms. The minimum atomic E-state index is 0.592. The van der Waals surface area contributed by atoms with E-state index in [0.29, 0.717) is 5.88 Å². The molecule has 0 N–H and O–H groups in total. The molecule has 0 saturated heterocycles. The molecule has 0 saturated carbocycles. The zero-order valence-corrected chi connectivity index (χ0v) is 11.7. The van der Waals surface area contributed by atoms with Gasteiger partial charge in [-0.1, -0.05) is 32.8 Å². The van der Waals surface area contributed by atoms with Gasteiger partial charge in [-0.3, -0.25) is 0 Å². The van der Waals surface area contributed by atoms with Gasteiger partial charge in [0.25, 0.3) is 0 Å². The summed E-state index contributed by atoms with van der Waals surface area (Å²) in [6.07, 6.45) is 5.80. The molecule has 1 aromatic rings. The minimum absolute atomic E-state index is 0.592. The molecule has 0 heterocycles. The van der Waals surface area contributed by atoms with Gasteiger partial charge in [0.15, 0.2) is 0 Å². The molecule has 96 valence electrons. The van der Waals surface area contributed by atoms with Gasteiger partial charge in [0.1, 0.15) is 5.75 Å². The van der Waals surface area contributed by atoms with E-state index in [4.69, 9.17) is 16.3 Å². The lowest BCUT2D eigenvalue weighted by atomic mass is 10.0. The SMILES string of the molecule is CCCCOc1ccc(CCl)c(CCCC)c1. The van der Waals surface area contributed by atoms with Gasteiger partial charge in [-0.25, -0.2) is 0 Å². The van der Waals surface area contributed by atoms with Crippen molar-refractivity contribution in [2.75, 3.05) is 6.61 Å². The van der Waals surface area contributed by atoms with Crippen molar-refractivity contribution in [3.63, 3.8) is 0 Å². The second-order valence-corrected chi connectivity index (χ2v) is 4.64. The summed E-state index contributed by atoms with van der Waals surface area (Å²) < 4.78 is 5.72. The van der Waals surface area contributed by atoms with Crippen molar-refractivity contribution >= 4 is 11.6 Å². The number of ether oxygens (including phenoxy) is 1. The van der Waals surface area contributed by atoms with E-state index in [0.717, 1.165) is 25.2 Å². The number of benzene rings is 1. The van der Waals surface area contributed by atoms with E-state index < -0.39 is 0 Å². The lowest BCUT2D eigenvalue weighted by molar-refractivity contribution is 0.309. The zero-order chi connectivity index (χ0) is 12.5. The number of hydrogen-bond donors (Lipinski definition) is 0. The Morgan fingerprint density at radius 1 is 1.06 bits per heavy atom. The van der Waals surface area contributed by atoms with Crippen LogP contribution in [0.2, 0.25) is 0 Å². The van der Waals surface area contributed by atoms with Crippen LogP contribution in [0.4, 0.5) is 0 Å². The first-order valence-electron chi connectivity index (χ1n) is 6.62. The van der Waals surface area contributed by atoms with Crippen LogP contribution in [0.3, 0.4) is 0 Å². The molecule has 1 nitrogen and oxygen atoms in total. The summed E-state index contributed by atoms with van der Waals surface area (Å²) in [6.45, 7) is 5.19. The molecule has 0 unspecified atom stereocenters. The van der Waals surface area contributed by atoms with Gasteiger partial charge in [-0.15, -0.1) is 11.6 Å². The van der Waals surface area contributed by atoms with Crippen molar-refractivity contribution in [3.8, 4) is 5.75 Å². The quantitative estimate of drug-likeness (QED) is 0.471. The maximum absolute atomic E-state index is 5.95. The fourth-order valence-electron chi connectivity index (χ4n) is 1.76. The fourth-order valence-corrected chi connectivity index (χ4v) is 2.02. The van der Waals surface area contributed by atoms with Gasteiger partial charge in [-0.05, 0) is 42.5 Å². The first-order valence-corrected chi connectivity index (χ1v) is 7.15. The van der Waals surface area contributed by atoms with Gasteiger partial charge >= 0.3 is 0 Å².